The van der Waals surface area contributed by atoms with E-state index in [-0.39, 0.29) is 12.5 Å². The fourth-order valence-electron chi connectivity index (χ4n) is 1.04. The van der Waals surface area contributed by atoms with E-state index in [0.29, 0.717) is 5.02 Å². The van der Waals surface area contributed by atoms with Gasteiger partial charge in [-0.3, -0.25) is 0 Å². The van der Waals surface area contributed by atoms with E-state index in [1.807, 2.05) is 24.5 Å². The van der Waals surface area contributed by atoms with E-state index in [4.69, 9.17) is 16.7 Å². The first-order valence-corrected chi connectivity index (χ1v) is 5.56. The summed E-state index contributed by atoms with van der Waals surface area (Å²) in [6, 6.07) is 5.75. The van der Waals surface area contributed by atoms with Gasteiger partial charge >= 0.3 is 0 Å². The number of hydrogen-bond donors (Lipinski definition) is 1. The number of halogens is 1. The summed E-state index contributed by atoms with van der Waals surface area (Å²) in [5, 5.41) is 9.63. The lowest BCUT2D eigenvalue weighted by molar-refractivity contribution is 0.282. The fraction of sp³-hybridized carbons (Fsp3) is 0.300. The van der Waals surface area contributed by atoms with Crippen molar-refractivity contribution < 1.29 is 5.11 Å². The van der Waals surface area contributed by atoms with Crippen LogP contribution in [0.5, 0.6) is 0 Å². The molecule has 0 saturated carbocycles. The molecule has 0 amide bonds. The topological polar surface area (TPSA) is 20.2 Å². The molecular weight excluding hydrogens is 204 g/mol. The second-order valence-electron chi connectivity index (χ2n) is 2.80. The average Bonchev–Trinajstić information content (AvgIpc) is 2.15. The van der Waals surface area contributed by atoms with Gasteiger partial charge in [-0.2, -0.15) is 0 Å². The highest BCUT2D eigenvalue weighted by Gasteiger charge is 2.06. The Morgan fingerprint density at radius 3 is 2.77 bits per heavy atom. The smallest absolute Gasteiger partial charge is 0.0499 e. The van der Waals surface area contributed by atoms with Gasteiger partial charge in [-0.25, -0.2) is 0 Å². The summed E-state index contributed by atoms with van der Waals surface area (Å²) in [6.45, 7) is 3.88. The molecular formula is C10H12ClOS. The molecule has 1 nitrogen and oxygen atoms in total. The maximum atomic E-state index is 8.93. The molecule has 1 N–H and O–H groups in total. The summed E-state index contributed by atoms with van der Waals surface area (Å²) in [5.41, 5.74) is 0.986. The van der Waals surface area contributed by atoms with Crippen LogP contribution in [0.3, 0.4) is 0 Å². The highest BCUT2D eigenvalue weighted by atomic mass is 35.5. The van der Waals surface area contributed by atoms with Crippen LogP contribution in [0.1, 0.15) is 11.5 Å². The van der Waals surface area contributed by atoms with E-state index in [1.165, 1.54) is 0 Å². The van der Waals surface area contributed by atoms with Gasteiger partial charge in [0.05, 0.1) is 0 Å². The second kappa shape index (κ2) is 4.89. The lowest BCUT2D eigenvalue weighted by Crippen LogP contribution is -1.99. The molecule has 1 aromatic carbocycles. The van der Waals surface area contributed by atoms with Gasteiger partial charge < -0.3 is 5.11 Å². The molecule has 0 heterocycles. The van der Waals surface area contributed by atoms with Crippen molar-refractivity contribution in [2.75, 3.05) is 12.9 Å². The van der Waals surface area contributed by atoms with Crippen LogP contribution in [0, 0.1) is 6.92 Å². The molecule has 1 atom stereocenters. The molecule has 71 valence electrons. The van der Waals surface area contributed by atoms with E-state index in [9.17, 15) is 0 Å². The van der Waals surface area contributed by atoms with Crippen molar-refractivity contribution in [1.29, 1.82) is 0 Å². The van der Waals surface area contributed by atoms with Crippen LogP contribution in [-0.2, 0) is 0 Å². The minimum absolute atomic E-state index is 0.0498. The molecule has 1 rings (SSSR count). The lowest BCUT2D eigenvalue weighted by atomic mass is 10.0. The molecule has 13 heavy (non-hydrogen) atoms. The third kappa shape index (κ3) is 2.90. The summed E-state index contributed by atoms with van der Waals surface area (Å²) in [4.78, 5) is 1.10. The number of aliphatic hydroxyl groups excluding tert-OH is 1. The quantitative estimate of drug-likeness (QED) is 0.783. The zero-order valence-corrected chi connectivity index (χ0v) is 9.03. The number of thioether (sulfide) groups is 1. The van der Waals surface area contributed by atoms with E-state index < -0.39 is 0 Å². The van der Waals surface area contributed by atoms with Crippen molar-refractivity contribution >= 4 is 23.4 Å². The Hall–Kier alpha value is -0.180. The first-order chi connectivity index (χ1) is 6.17. The van der Waals surface area contributed by atoms with Crippen LogP contribution < -0.4 is 0 Å². The molecule has 0 aromatic heterocycles. The average molecular weight is 216 g/mol. The molecule has 0 aliphatic carbocycles. The van der Waals surface area contributed by atoms with Gasteiger partial charge in [-0.05, 0) is 36.9 Å². The summed E-state index contributed by atoms with van der Waals surface area (Å²) >= 11 is 7.54. The summed E-state index contributed by atoms with van der Waals surface area (Å²) in [7, 11) is 0. The van der Waals surface area contributed by atoms with Crippen LogP contribution >= 0.6 is 23.4 Å². The fourth-order valence-corrected chi connectivity index (χ4v) is 1.85. The summed E-state index contributed by atoms with van der Waals surface area (Å²) in [5.74, 6) is -0.0930. The van der Waals surface area contributed by atoms with Crippen LogP contribution in [0.2, 0.25) is 5.02 Å². The van der Waals surface area contributed by atoms with Gasteiger partial charge in [-0.1, -0.05) is 11.6 Å². The van der Waals surface area contributed by atoms with Gasteiger partial charge in [0.1, 0.15) is 0 Å². The standard InChI is InChI=1S/C10H12ClOS/c1-7(6-12)8-3-9(11)5-10(4-8)13-2/h3-5,7,12H,1,6H2,2H3. The van der Waals surface area contributed by atoms with Gasteiger partial charge in [0.15, 0.2) is 0 Å². The number of hydrogen-bond acceptors (Lipinski definition) is 2. The van der Waals surface area contributed by atoms with E-state index in [0.717, 1.165) is 10.5 Å². The molecule has 3 heteroatoms. The van der Waals surface area contributed by atoms with E-state index in [1.54, 1.807) is 11.8 Å². The Morgan fingerprint density at radius 1 is 1.54 bits per heavy atom. The van der Waals surface area contributed by atoms with Crippen molar-refractivity contribution in [3.63, 3.8) is 0 Å². The second-order valence-corrected chi connectivity index (χ2v) is 4.12. The van der Waals surface area contributed by atoms with Crippen molar-refractivity contribution in [3.8, 4) is 0 Å². The molecule has 1 radical (unpaired) electrons. The first kappa shape index (κ1) is 10.9. The van der Waals surface area contributed by atoms with E-state index >= 15 is 0 Å². The van der Waals surface area contributed by atoms with Crippen LogP contribution in [-0.4, -0.2) is 18.0 Å². The Bertz CT molecular complexity index is 288. The van der Waals surface area contributed by atoms with Crippen LogP contribution in [0.15, 0.2) is 23.1 Å². The number of benzene rings is 1. The van der Waals surface area contributed by atoms with Crippen molar-refractivity contribution in [1.82, 2.24) is 0 Å². The lowest BCUT2D eigenvalue weighted by Gasteiger charge is -2.09. The summed E-state index contributed by atoms with van der Waals surface area (Å²) < 4.78 is 0. The monoisotopic (exact) mass is 215 g/mol. The van der Waals surface area contributed by atoms with Gasteiger partial charge in [0.2, 0.25) is 0 Å². The zero-order chi connectivity index (χ0) is 9.84. The molecule has 0 saturated heterocycles. The minimum atomic E-state index is -0.0930. The Labute approximate surface area is 88.1 Å². The predicted molar refractivity (Wildman–Crippen MR) is 58.4 cm³/mol. The Morgan fingerprint density at radius 2 is 2.23 bits per heavy atom. The molecule has 1 aromatic rings. The normalized spacial score (nSPS) is 12.9. The van der Waals surface area contributed by atoms with Gasteiger partial charge in [-0.15, -0.1) is 11.8 Å². The maximum Gasteiger partial charge on any atom is 0.0499 e. The van der Waals surface area contributed by atoms with Crippen LogP contribution in [0.25, 0.3) is 0 Å². The first-order valence-electron chi connectivity index (χ1n) is 3.95. The van der Waals surface area contributed by atoms with E-state index in [2.05, 4.69) is 6.92 Å². The molecule has 0 bridgehead atoms. The largest absolute Gasteiger partial charge is 0.396 e. The Kier molecular flexibility index (Phi) is 4.10. The maximum absolute atomic E-state index is 8.93. The van der Waals surface area contributed by atoms with Gasteiger partial charge in [0, 0.05) is 22.4 Å². The van der Waals surface area contributed by atoms with Crippen molar-refractivity contribution in [2.24, 2.45) is 0 Å². The molecule has 0 aliphatic heterocycles. The molecule has 0 spiro atoms. The predicted octanol–water partition coefficient (Wildman–Crippen LogP) is 2.97. The third-order valence-corrected chi connectivity index (χ3v) is 2.75. The van der Waals surface area contributed by atoms with Gasteiger partial charge in [0.25, 0.3) is 0 Å². The Balaban J connectivity index is 3.01. The highest BCUT2D eigenvalue weighted by Crippen LogP contribution is 2.25. The van der Waals surface area contributed by atoms with Crippen LogP contribution in [0.4, 0.5) is 0 Å². The highest BCUT2D eigenvalue weighted by molar-refractivity contribution is 7.98. The zero-order valence-electron chi connectivity index (χ0n) is 7.46. The minimum Gasteiger partial charge on any atom is -0.396 e. The molecule has 1 unspecified atom stereocenters. The number of rotatable bonds is 3. The SMILES string of the molecule is [CH2]C(CO)c1cc(Cl)cc(SC)c1. The third-order valence-electron chi connectivity index (χ3n) is 1.82. The molecule has 0 aliphatic rings. The summed E-state index contributed by atoms with van der Waals surface area (Å²) in [6.07, 6.45) is 1.99. The molecule has 0 fully saturated rings. The van der Waals surface area contributed by atoms with Crippen molar-refractivity contribution in [3.05, 3.63) is 35.7 Å². The van der Waals surface area contributed by atoms with Crippen molar-refractivity contribution in [2.45, 2.75) is 10.8 Å². The number of aliphatic hydroxyl groups is 1.